The summed E-state index contributed by atoms with van der Waals surface area (Å²) < 4.78 is 11.0. The number of fused-ring (bicyclic) bond motifs is 1. The summed E-state index contributed by atoms with van der Waals surface area (Å²) in [6.45, 7) is 1.12. The zero-order valence-electron chi connectivity index (χ0n) is 10.4. The highest BCUT2D eigenvalue weighted by atomic mass is 16.5. The molecule has 0 aliphatic heterocycles. The van der Waals surface area contributed by atoms with E-state index < -0.39 is 0 Å². The van der Waals surface area contributed by atoms with Gasteiger partial charge in [0.15, 0.2) is 17.2 Å². The average Bonchev–Trinajstić information content (AvgIpc) is 3.06. The number of H-pyrrole nitrogens is 1. The maximum atomic E-state index is 5.76. The summed E-state index contributed by atoms with van der Waals surface area (Å²) in [4.78, 5) is 0. The Morgan fingerprint density at radius 1 is 1.37 bits per heavy atom. The van der Waals surface area contributed by atoms with Gasteiger partial charge < -0.3 is 14.5 Å². The lowest BCUT2D eigenvalue weighted by molar-refractivity contribution is 0.406. The average molecular weight is 259 g/mol. The Kier molecular flexibility index (Phi) is 3.11. The number of ether oxygens (including phenoxy) is 1. The number of benzene rings is 1. The van der Waals surface area contributed by atoms with Crippen LogP contribution >= 0.6 is 0 Å². The van der Waals surface area contributed by atoms with E-state index in [1.165, 1.54) is 0 Å². The Balaban J connectivity index is 1.71. The second kappa shape index (κ2) is 5.07. The van der Waals surface area contributed by atoms with E-state index in [1.54, 1.807) is 7.11 Å². The van der Waals surface area contributed by atoms with Crippen molar-refractivity contribution in [2.24, 2.45) is 0 Å². The number of methoxy groups -OCH3 is 1. The second-order valence-corrected chi connectivity index (χ2v) is 4.02. The van der Waals surface area contributed by atoms with Crippen LogP contribution in [0.25, 0.3) is 11.0 Å². The molecule has 1 aromatic carbocycles. The number of furan rings is 1. The molecular formula is C12H13N5O2. The molecule has 0 bridgehead atoms. The summed E-state index contributed by atoms with van der Waals surface area (Å²) in [6.07, 6.45) is 0. The van der Waals surface area contributed by atoms with Gasteiger partial charge in [-0.15, -0.1) is 10.2 Å². The minimum absolute atomic E-state index is 0.532. The zero-order valence-corrected chi connectivity index (χ0v) is 10.4. The summed E-state index contributed by atoms with van der Waals surface area (Å²) in [5, 5.41) is 17.8. The van der Waals surface area contributed by atoms with E-state index in [4.69, 9.17) is 9.15 Å². The molecule has 0 spiro atoms. The SMILES string of the molecule is COc1cccc2cc(CNCc3nn[nH]n3)oc12. The molecule has 0 unspecified atom stereocenters. The molecule has 2 heterocycles. The van der Waals surface area contributed by atoms with Gasteiger partial charge >= 0.3 is 0 Å². The molecule has 0 atom stereocenters. The molecule has 0 radical (unpaired) electrons. The summed E-state index contributed by atoms with van der Waals surface area (Å²) >= 11 is 0. The van der Waals surface area contributed by atoms with Crippen molar-refractivity contribution in [1.82, 2.24) is 25.9 Å². The third-order valence-electron chi connectivity index (χ3n) is 2.75. The third kappa shape index (κ3) is 2.41. The predicted molar refractivity (Wildman–Crippen MR) is 67.5 cm³/mol. The molecule has 7 heteroatoms. The van der Waals surface area contributed by atoms with Crippen LogP contribution in [0, 0.1) is 0 Å². The maximum absolute atomic E-state index is 5.76. The van der Waals surface area contributed by atoms with E-state index in [1.807, 2.05) is 24.3 Å². The van der Waals surface area contributed by atoms with Gasteiger partial charge in [0.25, 0.3) is 0 Å². The Hall–Kier alpha value is -2.41. The van der Waals surface area contributed by atoms with Gasteiger partial charge in [-0.3, -0.25) is 0 Å². The Labute approximate surface area is 108 Å². The van der Waals surface area contributed by atoms with Gasteiger partial charge in [0.1, 0.15) is 5.76 Å². The molecular weight excluding hydrogens is 246 g/mol. The van der Waals surface area contributed by atoms with Crippen LogP contribution in [-0.2, 0) is 13.1 Å². The van der Waals surface area contributed by atoms with Crippen LogP contribution in [0.1, 0.15) is 11.6 Å². The van der Waals surface area contributed by atoms with Crippen LogP contribution in [0.15, 0.2) is 28.7 Å². The van der Waals surface area contributed by atoms with Crippen LogP contribution in [0.5, 0.6) is 5.75 Å². The molecule has 7 nitrogen and oxygen atoms in total. The zero-order chi connectivity index (χ0) is 13.1. The van der Waals surface area contributed by atoms with Crippen LogP contribution in [0.4, 0.5) is 0 Å². The van der Waals surface area contributed by atoms with Crippen molar-refractivity contribution < 1.29 is 9.15 Å². The Bertz CT molecular complexity index is 662. The smallest absolute Gasteiger partial charge is 0.188 e. The van der Waals surface area contributed by atoms with E-state index in [0.29, 0.717) is 18.9 Å². The van der Waals surface area contributed by atoms with Crippen LogP contribution in [0.2, 0.25) is 0 Å². The number of aromatic amines is 1. The molecule has 0 amide bonds. The summed E-state index contributed by atoms with van der Waals surface area (Å²) in [5.41, 5.74) is 0.765. The first-order valence-corrected chi connectivity index (χ1v) is 5.85. The summed E-state index contributed by atoms with van der Waals surface area (Å²) in [5.74, 6) is 2.19. The number of tetrazole rings is 1. The van der Waals surface area contributed by atoms with Crippen molar-refractivity contribution in [3.8, 4) is 5.75 Å². The second-order valence-electron chi connectivity index (χ2n) is 4.02. The lowest BCUT2D eigenvalue weighted by Crippen LogP contribution is -2.13. The van der Waals surface area contributed by atoms with Gasteiger partial charge in [0, 0.05) is 5.39 Å². The molecule has 3 aromatic rings. The largest absolute Gasteiger partial charge is 0.493 e. The number of para-hydroxylation sites is 1. The van der Waals surface area contributed by atoms with Crippen LogP contribution in [0.3, 0.4) is 0 Å². The predicted octanol–water partition coefficient (Wildman–Crippen LogP) is 1.24. The Morgan fingerprint density at radius 3 is 3.11 bits per heavy atom. The van der Waals surface area contributed by atoms with Crippen molar-refractivity contribution in [1.29, 1.82) is 0 Å². The third-order valence-corrected chi connectivity index (χ3v) is 2.75. The molecule has 0 aliphatic rings. The fourth-order valence-corrected chi connectivity index (χ4v) is 1.89. The molecule has 2 aromatic heterocycles. The van der Waals surface area contributed by atoms with E-state index in [-0.39, 0.29) is 0 Å². The first-order chi connectivity index (χ1) is 9.36. The highest BCUT2D eigenvalue weighted by molar-refractivity contribution is 5.83. The van der Waals surface area contributed by atoms with Gasteiger partial charge in [-0.05, 0) is 12.1 Å². The highest BCUT2D eigenvalue weighted by Gasteiger charge is 2.08. The van der Waals surface area contributed by atoms with Crippen molar-refractivity contribution in [2.75, 3.05) is 7.11 Å². The monoisotopic (exact) mass is 259 g/mol. The van der Waals surface area contributed by atoms with Gasteiger partial charge in [-0.25, -0.2) is 0 Å². The van der Waals surface area contributed by atoms with E-state index in [9.17, 15) is 0 Å². The van der Waals surface area contributed by atoms with Gasteiger partial charge in [0.2, 0.25) is 0 Å². The molecule has 0 fully saturated rings. The number of nitrogens with zero attached hydrogens (tertiary/aromatic N) is 3. The summed E-state index contributed by atoms with van der Waals surface area (Å²) in [6, 6.07) is 7.79. The van der Waals surface area contributed by atoms with E-state index in [2.05, 4.69) is 25.9 Å². The molecule has 19 heavy (non-hydrogen) atoms. The van der Waals surface area contributed by atoms with Crippen LogP contribution in [-0.4, -0.2) is 27.7 Å². The lowest BCUT2D eigenvalue weighted by atomic mass is 10.2. The van der Waals surface area contributed by atoms with Gasteiger partial charge in [-0.2, -0.15) is 5.21 Å². The first kappa shape index (κ1) is 11.7. The van der Waals surface area contributed by atoms with Gasteiger partial charge in [0.05, 0.1) is 20.2 Å². The molecule has 0 saturated heterocycles. The fourth-order valence-electron chi connectivity index (χ4n) is 1.89. The van der Waals surface area contributed by atoms with Crippen molar-refractivity contribution in [2.45, 2.75) is 13.1 Å². The number of nitrogens with one attached hydrogen (secondary N) is 2. The topological polar surface area (TPSA) is 88.9 Å². The molecule has 2 N–H and O–H groups in total. The molecule has 98 valence electrons. The number of rotatable bonds is 5. The lowest BCUT2D eigenvalue weighted by Gasteiger charge is -1.99. The van der Waals surface area contributed by atoms with Gasteiger partial charge in [-0.1, -0.05) is 17.3 Å². The maximum Gasteiger partial charge on any atom is 0.188 e. The number of hydrogen-bond acceptors (Lipinski definition) is 6. The number of hydrogen-bond donors (Lipinski definition) is 2. The Morgan fingerprint density at radius 2 is 2.32 bits per heavy atom. The normalized spacial score (nSPS) is 11.0. The molecule has 0 aliphatic carbocycles. The number of aromatic nitrogens is 4. The minimum atomic E-state index is 0.532. The first-order valence-electron chi connectivity index (χ1n) is 5.85. The quantitative estimate of drug-likeness (QED) is 0.716. The van der Waals surface area contributed by atoms with Crippen molar-refractivity contribution in [3.05, 3.63) is 35.9 Å². The van der Waals surface area contributed by atoms with Crippen molar-refractivity contribution >= 4 is 11.0 Å². The van der Waals surface area contributed by atoms with E-state index >= 15 is 0 Å². The van der Waals surface area contributed by atoms with Crippen LogP contribution < -0.4 is 10.1 Å². The molecule has 0 saturated carbocycles. The highest BCUT2D eigenvalue weighted by Crippen LogP contribution is 2.28. The minimum Gasteiger partial charge on any atom is -0.493 e. The van der Waals surface area contributed by atoms with E-state index in [0.717, 1.165) is 22.5 Å². The van der Waals surface area contributed by atoms with Crippen molar-refractivity contribution in [3.63, 3.8) is 0 Å². The standard InChI is InChI=1S/C12H13N5O2/c1-18-10-4-2-3-8-5-9(19-12(8)10)6-13-7-11-14-16-17-15-11/h2-5,13H,6-7H2,1H3,(H,14,15,16,17). The molecule has 3 rings (SSSR count). The summed E-state index contributed by atoms with van der Waals surface area (Å²) in [7, 11) is 1.63. The fraction of sp³-hybridized carbons (Fsp3) is 0.250.